The molecule has 1 aromatic carbocycles. The van der Waals surface area contributed by atoms with Crippen LogP contribution in [0.5, 0.6) is 0 Å². The number of rotatable bonds is 2. The molecule has 0 bridgehead atoms. The number of benzene rings is 1. The second kappa shape index (κ2) is 4.76. The number of hydrogen-bond donors (Lipinski definition) is 1. The maximum absolute atomic E-state index is 12.2. The van der Waals surface area contributed by atoms with Crippen molar-refractivity contribution < 1.29 is 4.79 Å². The summed E-state index contributed by atoms with van der Waals surface area (Å²) in [5, 5.41) is 4.94. The van der Waals surface area contributed by atoms with Gasteiger partial charge in [-0.25, -0.2) is 4.98 Å². The summed E-state index contributed by atoms with van der Waals surface area (Å²) in [6.45, 7) is 6.01. The standard InChI is InChI=1S/C15H15N3OS/c1-9-4-5-12(10(2)6-9)16-14(19)13-7-18-11(3)8-20-15(18)17-13/h4-8H,1-3H3,(H,16,19). The lowest BCUT2D eigenvalue weighted by Crippen LogP contribution is -2.13. The Labute approximate surface area is 121 Å². The van der Waals surface area contributed by atoms with Gasteiger partial charge in [0.1, 0.15) is 5.69 Å². The number of carbonyl (C=O) groups excluding carboxylic acids is 1. The Bertz CT molecular complexity index is 801. The summed E-state index contributed by atoms with van der Waals surface area (Å²) in [5.74, 6) is -0.174. The van der Waals surface area contributed by atoms with Crippen LogP contribution in [0, 0.1) is 20.8 Å². The molecule has 0 spiro atoms. The minimum absolute atomic E-state index is 0.174. The zero-order valence-electron chi connectivity index (χ0n) is 11.6. The van der Waals surface area contributed by atoms with Crippen LogP contribution in [-0.2, 0) is 0 Å². The Morgan fingerprint density at radius 2 is 2.10 bits per heavy atom. The monoisotopic (exact) mass is 285 g/mol. The number of amides is 1. The van der Waals surface area contributed by atoms with Gasteiger partial charge in [0.25, 0.3) is 5.91 Å². The molecule has 0 saturated heterocycles. The van der Waals surface area contributed by atoms with Gasteiger partial charge in [0.2, 0.25) is 0 Å². The molecule has 102 valence electrons. The van der Waals surface area contributed by atoms with Crippen LogP contribution in [0.4, 0.5) is 5.69 Å². The van der Waals surface area contributed by atoms with E-state index in [9.17, 15) is 4.79 Å². The Morgan fingerprint density at radius 1 is 1.30 bits per heavy atom. The average Bonchev–Trinajstić information content (AvgIpc) is 2.96. The smallest absolute Gasteiger partial charge is 0.275 e. The summed E-state index contributed by atoms with van der Waals surface area (Å²) in [5.41, 5.74) is 4.59. The van der Waals surface area contributed by atoms with Crippen molar-refractivity contribution in [2.45, 2.75) is 20.8 Å². The molecule has 0 saturated carbocycles. The fourth-order valence-electron chi connectivity index (χ4n) is 2.14. The molecule has 3 rings (SSSR count). The Balaban J connectivity index is 1.88. The van der Waals surface area contributed by atoms with E-state index in [2.05, 4.69) is 10.3 Å². The molecular weight excluding hydrogens is 270 g/mol. The van der Waals surface area contributed by atoms with Gasteiger partial charge in [0, 0.05) is 23.0 Å². The second-order valence-corrected chi connectivity index (χ2v) is 5.76. The largest absolute Gasteiger partial charge is 0.320 e. The van der Waals surface area contributed by atoms with Crippen molar-refractivity contribution in [3.05, 3.63) is 52.3 Å². The molecule has 2 heterocycles. The number of aryl methyl sites for hydroxylation is 3. The molecule has 5 heteroatoms. The van der Waals surface area contributed by atoms with Crippen molar-refractivity contribution in [3.63, 3.8) is 0 Å². The number of anilines is 1. The van der Waals surface area contributed by atoms with Crippen molar-refractivity contribution in [1.29, 1.82) is 0 Å². The van der Waals surface area contributed by atoms with Crippen LogP contribution in [0.25, 0.3) is 4.96 Å². The molecule has 2 aromatic heterocycles. The van der Waals surface area contributed by atoms with E-state index < -0.39 is 0 Å². The molecule has 3 aromatic rings. The lowest BCUT2D eigenvalue weighted by atomic mass is 10.1. The highest BCUT2D eigenvalue weighted by atomic mass is 32.1. The van der Waals surface area contributed by atoms with E-state index in [0.717, 1.165) is 21.9 Å². The highest BCUT2D eigenvalue weighted by molar-refractivity contribution is 7.15. The zero-order chi connectivity index (χ0) is 14.3. The lowest BCUT2D eigenvalue weighted by Gasteiger charge is -2.07. The van der Waals surface area contributed by atoms with E-state index in [1.165, 1.54) is 16.9 Å². The molecule has 0 aliphatic carbocycles. The summed E-state index contributed by atoms with van der Waals surface area (Å²) >= 11 is 1.54. The van der Waals surface area contributed by atoms with Crippen molar-refractivity contribution in [1.82, 2.24) is 9.38 Å². The van der Waals surface area contributed by atoms with Gasteiger partial charge in [0.05, 0.1) is 0 Å². The van der Waals surface area contributed by atoms with Gasteiger partial charge in [-0.1, -0.05) is 17.7 Å². The van der Waals surface area contributed by atoms with Gasteiger partial charge in [-0.15, -0.1) is 11.3 Å². The quantitative estimate of drug-likeness (QED) is 0.782. The number of nitrogens with zero attached hydrogens (tertiary/aromatic N) is 2. The summed E-state index contributed by atoms with van der Waals surface area (Å²) in [6, 6.07) is 5.95. The molecule has 0 atom stereocenters. The van der Waals surface area contributed by atoms with E-state index in [1.807, 2.05) is 48.8 Å². The first-order valence-corrected chi connectivity index (χ1v) is 7.24. The van der Waals surface area contributed by atoms with E-state index >= 15 is 0 Å². The Kier molecular flexibility index (Phi) is 3.06. The number of aromatic nitrogens is 2. The fourth-order valence-corrected chi connectivity index (χ4v) is 2.99. The van der Waals surface area contributed by atoms with Crippen LogP contribution >= 0.6 is 11.3 Å². The Hall–Kier alpha value is -2.14. The maximum Gasteiger partial charge on any atom is 0.275 e. The topological polar surface area (TPSA) is 46.4 Å². The van der Waals surface area contributed by atoms with Gasteiger partial charge in [0.15, 0.2) is 4.96 Å². The predicted octanol–water partition coefficient (Wildman–Crippen LogP) is 3.57. The third-order valence-corrected chi connectivity index (χ3v) is 4.21. The third-order valence-electron chi connectivity index (χ3n) is 3.25. The zero-order valence-corrected chi connectivity index (χ0v) is 12.4. The van der Waals surface area contributed by atoms with Gasteiger partial charge < -0.3 is 5.32 Å². The number of fused-ring (bicyclic) bond motifs is 1. The van der Waals surface area contributed by atoms with Crippen molar-refractivity contribution in [2.75, 3.05) is 5.32 Å². The minimum atomic E-state index is -0.174. The summed E-state index contributed by atoms with van der Waals surface area (Å²) in [6.07, 6.45) is 1.78. The highest BCUT2D eigenvalue weighted by Crippen LogP contribution is 2.19. The van der Waals surface area contributed by atoms with E-state index in [1.54, 1.807) is 6.20 Å². The highest BCUT2D eigenvalue weighted by Gasteiger charge is 2.13. The fraction of sp³-hybridized carbons (Fsp3) is 0.200. The lowest BCUT2D eigenvalue weighted by molar-refractivity contribution is 0.102. The molecule has 1 amide bonds. The molecule has 4 nitrogen and oxygen atoms in total. The SMILES string of the molecule is Cc1ccc(NC(=O)c2cn3c(C)csc3n2)c(C)c1. The molecule has 1 N–H and O–H groups in total. The first-order valence-electron chi connectivity index (χ1n) is 6.36. The summed E-state index contributed by atoms with van der Waals surface area (Å²) in [4.78, 5) is 17.4. The Morgan fingerprint density at radius 3 is 2.80 bits per heavy atom. The summed E-state index contributed by atoms with van der Waals surface area (Å²) < 4.78 is 1.93. The van der Waals surface area contributed by atoms with Gasteiger partial charge in [-0.3, -0.25) is 9.20 Å². The maximum atomic E-state index is 12.2. The van der Waals surface area contributed by atoms with Crippen molar-refractivity contribution in [3.8, 4) is 0 Å². The predicted molar refractivity (Wildman–Crippen MR) is 81.7 cm³/mol. The summed E-state index contributed by atoms with van der Waals surface area (Å²) in [7, 11) is 0. The van der Waals surface area contributed by atoms with Crippen molar-refractivity contribution >= 4 is 27.9 Å². The average molecular weight is 285 g/mol. The third kappa shape index (κ3) is 2.20. The number of carbonyl (C=O) groups is 1. The number of imidazole rings is 1. The van der Waals surface area contributed by atoms with Crippen LogP contribution in [0.15, 0.2) is 29.8 Å². The second-order valence-electron chi connectivity index (χ2n) is 4.93. The van der Waals surface area contributed by atoms with Crippen LogP contribution in [0.1, 0.15) is 27.3 Å². The van der Waals surface area contributed by atoms with Crippen LogP contribution in [-0.4, -0.2) is 15.3 Å². The molecule has 0 aliphatic rings. The van der Waals surface area contributed by atoms with Gasteiger partial charge in [-0.05, 0) is 32.4 Å². The number of hydrogen-bond acceptors (Lipinski definition) is 3. The van der Waals surface area contributed by atoms with Gasteiger partial charge in [-0.2, -0.15) is 0 Å². The molecule has 20 heavy (non-hydrogen) atoms. The normalized spacial score (nSPS) is 10.9. The van der Waals surface area contributed by atoms with Crippen LogP contribution in [0.2, 0.25) is 0 Å². The van der Waals surface area contributed by atoms with Crippen molar-refractivity contribution in [2.24, 2.45) is 0 Å². The van der Waals surface area contributed by atoms with E-state index in [4.69, 9.17) is 0 Å². The van der Waals surface area contributed by atoms with E-state index in [0.29, 0.717) is 5.69 Å². The molecule has 0 radical (unpaired) electrons. The minimum Gasteiger partial charge on any atom is -0.320 e. The molecule has 0 aliphatic heterocycles. The number of thiazole rings is 1. The molecule has 0 unspecified atom stereocenters. The molecule has 0 fully saturated rings. The van der Waals surface area contributed by atoms with Crippen LogP contribution < -0.4 is 5.32 Å². The van der Waals surface area contributed by atoms with Crippen LogP contribution in [0.3, 0.4) is 0 Å². The first-order chi connectivity index (χ1) is 9.54. The first kappa shape index (κ1) is 12.9. The number of nitrogens with one attached hydrogen (secondary N) is 1. The van der Waals surface area contributed by atoms with E-state index in [-0.39, 0.29) is 5.91 Å². The van der Waals surface area contributed by atoms with Gasteiger partial charge >= 0.3 is 0 Å². The molecular formula is C15H15N3OS.